The van der Waals surface area contributed by atoms with Gasteiger partial charge in [-0.3, -0.25) is 4.90 Å². The van der Waals surface area contributed by atoms with E-state index in [0.717, 1.165) is 50.9 Å². The molecule has 1 aliphatic heterocycles. The summed E-state index contributed by atoms with van der Waals surface area (Å²) in [6, 6.07) is 3.74. The molecule has 0 saturated carbocycles. The van der Waals surface area contributed by atoms with Crippen molar-refractivity contribution in [2.45, 2.75) is 25.8 Å². The van der Waals surface area contributed by atoms with E-state index < -0.39 is 11.6 Å². The molecule has 2 N–H and O–H groups in total. The van der Waals surface area contributed by atoms with Crippen LogP contribution >= 0.6 is 0 Å². The molecule has 18 heavy (non-hydrogen) atoms. The molecule has 1 fully saturated rings. The Balaban J connectivity index is 1.87. The van der Waals surface area contributed by atoms with E-state index in [0.29, 0.717) is 12.1 Å². The highest BCUT2D eigenvalue weighted by Gasteiger charge is 2.18. The maximum atomic E-state index is 13.1. The van der Waals surface area contributed by atoms with E-state index in [2.05, 4.69) is 4.90 Å². The van der Waals surface area contributed by atoms with Gasteiger partial charge in [0.15, 0.2) is 0 Å². The maximum absolute atomic E-state index is 13.1. The van der Waals surface area contributed by atoms with Crippen molar-refractivity contribution < 1.29 is 8.78 Å². The summed E-state index contributed by atoms with van der Waals surface area (Å²) in [5, 5.41) is 0. The van der Waals surface area contributed by atoms with Crippen LogP contribution in [0, 0.1) is 17.6 Å². The van der Waals surface area contributed by atoms with E-state index in [1.165, 1.54) is 12.1 Å². The van der Waals surface area contributed by atoms with E-state index in [4.69, 9.17) is 5.73 Å². The van der Waals surface area contributed by atoms with Gasteiger partial charge in [0.1, 0.15) is 11.6 Å². The number of likely N-dealkylation sites (tertiary alicyclic amines) is 1. The van der Waals surface area contributed by atoms with Crippen LogP contribution in [0.1, 0.15) is 24.8 Å². The van der Waals surface area contributed by atoms with Crippen LogP contribution in [0.2, 0.25) is 0 Å². The molecule has 0 aliphatic carbocycles. The molecule has 1 saturated heterocycles. The minimum absolute atomic E-state index is 0.497. The summed E-state index contributed by atoms with van der Waals surface area (Å²) in [6.07, 6.45) is 3.35. The maximum Gasteiger partial charge on any atom is 0.126 e. The second-order valence-corrected chi connectivity index (χ2v) is 5.07. The van der Waals surface area contributed by atoms with Gasteiger partial charge in [-0.05, 0) is 62.5 Å². The van der Waals surface area contributed by atoms with Crippen LogP contribution in [0.3, 0.4) is 0 Å². The molecule has 4 heteroatoms. The second kappa shape index (κ2) is 6.25. The molecule has 100 valence electrons. The number of hydrogen-bond acceptors (Lipinski definition) is 2. The van der Waals surface area contributed by atoms with Gasteiger partial charge in [-0.15, -0.1) is 0 Å². The van der Waals surface area contributed by atoms with Gasteiger partial charge in [0, 0.05) is 12.6 Å². The van der Waals surface area contributed by atoms with Gasteiger partial charge >= 0.3 is 0 Å². The third-order valence-electron chi connectivity index (χ3n) is 3.61. The zero-order valence-electron chi connectivity index (χ0n) is 10.5. The van der Waals surface area contributed by atoms with Crippen LogP contribution < -0.4 is 5.73 Å². The summed E-state index contributed by atoms with van der Waals surface area (Å²) >= 11 is 0. The Bertz CT molecular complexity index is 367. The quantitative estimate of drug-likeness (QED) is 0.894. The van der Waals surface area contributed by atoms with Crippen molar-refractivity contribution in [3.8, 4) is 0 Å². The van der Waals surface area contributed by atoms with Crippen LogP contribution in [-0.4, -0.2) is 24.5 Å². The highest BCUT2D eigenvalue weighted by Crippen LogP contribution is 2.21. The first-order valence-corrected chi connectivity index (χ1v) is 6.55. The molecule has 1 aliphatic rings. The van der Waals surface area contributed by atoms with Crippen molar-refractivity contribution in [2.24, 2.45) is 11.7 Å². The monoisotopic (exact) mass is 254 g/mol. The van der Waals surface area contributed by atoms with Gasteiger partial charge in [-0.1, -0.05) is 0 Å². The van der Waals surface area contributed by atoms with E-state index in [-0.39, 0.29) is 0 Å². The van der Waals surface area contributed by atoms with Crippen LogP contribution in [0.4, 0.5) is 8.78 Å². The lowest BCUT2D eigenvalue weighted by atomic mass is 9.93. The summed E-state index contributed by atoms with van der Waals surface area (Å²) in [6.45, 7) is 3.36. The zero-order valence-corrected chi connectivity index (χ0v) is 10.5. The van der Waals surface area contributed by atoms with Crippen molar-refractivity contribution in [3.05, 3.63) is 35.4 Å². The fourth-order valence-corrected chi connectivity index (χ4v) is 2.63. The fraction of sp³-hybridized carbons (Fsp3) is 0.571. The number of halogens is 2. The normalized spacial score (nSPS) is 18.2. The molecule has 2 nitrogen and oxygen atoms in total. The lowest BCUT2D eigenvalue weighted by Gasteiger charge is -2.31. The molecule has 0 spiro atoms. The molecule has 1 aromatic carbocycles. The largest absolute Gasteiger partial charge is 0.330 e. The average molecular weight is 254 g/mol. The summed E-state index contributed by atoms with van der Waals surface area (Å²) in [4.78, 5) is 2.25. The Labute approximate surface area is 107 Å². The first-order valence-electron chi connectivity index (χ1n) is 6.55. The van der Waals surface area contributed by atoms with Gasteiger partial charge in [0.2, 0.25) is 0 Å². The predicted molar refractivity (Wildman–Crippen MR) is 68.0 cm³/mol. The minimum Gasteiger partial charge on any atom is -0.330 e. The second-order valence-electron chi connectivity index (χ2n) is 5.07. The van der Waals surface area contributed by atoms with Gasteiger partial charge in [0.05, 0.1) is 0 Å². The summed E-state index contributed by atoms with van der Waals surface area (Å²) in [5.74, 6) is -0.276. The lowest BCUT2D eigenvalue weighted by Crippen LogP contribution is -2.33. The van der Waals surface area contributed by atoms with Crippen LogP contribution in [0.25, 0.3) is 0 Å². The van der Waals surface area contributed by atoms with Gasteiger partial charge < -0.3 is 5.73 Å². The number of nitrogens with zero attached hydrogens (tertiary/aromatic N) is 1. The van der Waals surface area contributed by atoms with Crippen molar-refractivity contribution >= 4 is 0 Å². The average Bonchev–Trinajstić information content (AvgIpc) is 2.31. The molecule has 0 bridgehead atoms. The minimum atomic E-state index is -0.497. The fourth-order valence-electron chi connectivity index (χ4n) is 2.63. The first kappa shape index (κ1) is 13.4. The Morgan fingerprint density at radius 2 is 1.72 bits per heavy atom. The number of hydrogen-bond donors (Lipinski definition) is 1. The first-order chi connectivity index (χ1) is 8.67. The molecule has 2 rings (SSSR count). The molecule has 0 atom stereocenters. The Morgan fingerprint density at radius 3 is 2.28 bits per heavy atom. The van der Waals surface area contributed by atoms with Crippen LogP contribution in [0.15, 0.2) is 18.2 Å². The molecule has 1 heterocycles. The Kier molecular flexibility index (Phi) is 4.66. The van der Waals surface area contributed by atoms with E-state index in [1.54, 1.807) is 0 Å². The van der Waals surface area contributed by atoms with Crippen molar-refractivity contribution in [3.63, 3.8) is 0 Å². The molecule has 0 unspecified atom stereocenters. The summed E-state index contributed by atoms with van der Waals surface area (Å²) < 4.78 is 26.1. The zero-order chi connectivity index (χ0) is 13.0. The molecule has 0 aromatic heterocycles. The highest BCUT2D eigenvalue weighted by atomic mass is 19.1. The molecule has 0 amide bonds. The van der Waals surface area contributed by atoms with E-state index in [1.807, 2.05) is 0 Å². The van der Waals surface area contributed by atoms with Gasteiger partial charge in [-0.25, -0.2) is 8.78 Å². The summed E-state index contributed by atoms with van der Waals surface area (Å²) in [7, 11) is 0. The number of benzene rings is 1. The smallest absolute Gasteiger partial charge is 0.126 e. The van der Waals surface area contributed by atoms with Gasteiger partial charge in [-0.2, -0.15) is 0 Å². The molecular weight excluding hydrogens is 234 g/mol. The van der Waals surface area contributed by atoms with Crippen LogP contribution in [-0.2, 0) is 6.54 Å². The third-order valence-corrected chi connectivity index (χ3v) is 3.61. The van der Waals surface area contributed by atoms with Crippen molar-refractivity contribution in [2.75, 3.05) is 19.6 Å². The molecular formula is C14H20F2N2. The number of nitrogens with two attached hydrogens (primary N) is 1. The topological polar surface area (TPSA) is 29.3 Å². The summed E-state index contributed by atoms with van der Waals surface area (Å²) in [5.41, 5.74) is 6.27. The third kappa shape index (κ3) is 3.75. The number of piperidine rings is 1. The Morgan fingerprint density at radius 1 is 1.11 bits per heavy atom. The van der Waals surface area contributed by atoms with E-state index in [9.17, 15) is 8.78 Å². The highest BCUT2D eigenvalue weighted by molar-refractivity contribution is 5.17. The standard InChI is InChI=1S/C14H20F2N2/c15-13-7-12(8-14(16)9-13)10-18-5-2-11(1-4-17)3-6-18/h7-9,11H,1-6,10,17H2. The number of rotatable bonds is 4. The SMILES string of the molecule is NCCC1CCN(Cc2cc(F)cc(F)c2)CC1. The van der Waals surface area contributed by atoms with Gasteiger partial charge in [0.25, 0.3) is 0 Å². The molecule has 0 radical (unpaired) electrons. The van der Waals surface area contributed by atoms with Crippen LogP contribution in [0.5, 0.6) is 0 Å². The Hall–Kier alpha value is -1.00. The predicted octanol–water partition coefficient (Wildman–Crippen LogP) is 2.53. The van der Waals surface area contributed by atoms with E-state index >= 15 is 0 Å². The van der Waals surface area contributed by atoms with Crippen molar-refractivity contribution in [1.82, 2.24) is 4.90 Å². The lowest BCUT2D eigenvalue weighted by molar-refractivity contribution is 0.173. The molecule has 1 aromatic rings. The van der Waals surface area contributed by atoms with Crippen molar-refractivity contribution in [1.29, 1.82) is 0 Å².